The molecule has 0 amide bonds. The molecule has 1 aliphatic carbocycles. The van der Waals surface area contributed by atoms with Crippen LogP contribution in [0, 0.1) is 17.8 Å². The Balaban J connectivity index is 2.21. The molecule has 4 unspecified atom stereocenters. The van der Waals surface area contributed by atoms with Gasteiger partial charge in [0, 0.05) is 12.6 Å². The molecule has 2 N–H and O–H groups in total. The van der Waals surface area contributed by atoms with Crippen LogP contribution in [0.5, 0.6) is 0 Å². The maximum Gasteiger partial charge on any atom is 0.0471 e. The van der Waals surface area contributed by atoms with Gasteiger partial charge in [-0.15, -0.1) is 0 Å². The van der Waals surface area contributed by atoms with E-state index in [1.807, 2.05) is 0 Å². The Bertz CT molecular complexity index is 184. The molecular weight excluding hydrogens is 198 g/mol. The summed E-state index contributed by atoms with van der Waals surface area (Å²) >= 11 is 0. The number of nitrogens with one attached hydrogen (secondary N) is 1. The standard InChI is InChI=1S/C14H29NO/c1-4-13-6-5-7-14(8-13)9-15-12(3)11(2)10-16/h11-16H,4-10H2,1-3H3. The number of hydrogen-bond donors (Lipinski definition) is 2. The fraction of sp³-hybridized carbons (Fsp3) is 1.00. The van der Waals surface area contributed by atoms with Gasteiger partial charge in [0.1, 0.15) is 0 Å². The van der Waals surface area contributed by atoms with E-state index >= 15 is 0 Å². The molecule has 2 heteroatoms. The predicted molar refractivity (Wildman–Crippen MR) is 69.5 cm³/mol. The van der Waals surface area contributed by atoms with Crippen LogP contribution < -0.4 is 5.32 Å². The first-order valence-corrected chi connectivity index (χ1v) is 7.01. The smallest absolute Gasteiger partial charge is 0.0471 e. The van der Waals surface area contributed by atoms with Crippen molar-refractivity contribution < 1.29 is 5.11 Å². The van der Waals surface area contributed by atoms with Crippen LogP contribution in [0.15, 0.2) is 0 Å². The van der Waals surface area contributed by atoms with E-state index in [1.165, 1.54) is 32.1 Å². The van der Waals surface area contributed by atoms with Gasteiger partial charge in [-0.05, 0) is 44.1 Å². The average molecular weight is 227 g/mol. The SMILES string of the molecule is CCC1CCCC(CNC(C)C(C)CO)C1. The molecule has 16 heavy (non-hydrogen) atoms. The van der Waals surface area contributed by atoms with Crippen molar-refractivity contribution in [2.45, 2.75) is 58.9 Å². The summed E-state index contributed by atoms with van der Waals surface area (Å²) in [7, 11) is 0. The highest BCUT2D eigenvalue weighted by atomic mass is 16.3. The largest absolute Gasteiger partial charge is 0.396 e. The Morgan fingerprint density at radius 3 is 2.56 bits per heavy atom. The molecule has 4 atom stereocenters. The second-order valence-corrected chi connectivity index (χ2v) is 5.66. The third-order valence-corrected chi connectivity index (χ3v) is 4.34. The molecule has 0 saturated heterocycles. The van der Waals surface area contributed by atoms with Crippen LogP contribution in [-0.2, 0) is 0 Å². The van der Waals surface area contributed by atoms with E-state index in [-0.39, 0.29) is 6.61 Å². The van der Waals surface area contributed by atoms with Crippen molar-refractivity contribution in [1.82, 2.24) is 5.32 Å². The molecule has 0 aliphatic heterocycles. The molecule has 1 fully saturated rings. The topological polar surface area (TPSA) is 32.3 Å². The average Bonchev–Trinajstić information content (AvgIpc) is 2.35. The number of hydrogen-bond acceptors (Lipinski definition) is 2. The van der Waals surface area contributed by atoms with Gasteiger partial charge in [0.2, 0.25) is 0 Å². The van der Waals surface area contributed by atoms with E-state index in [4.69, 9.17) is 5.11 Å². The van der Waals surface area contributed by atoms with E-state index in [1.54, 1.807) is 0 Å². The second kappa shape index (κ2) is 7.29. The molecule has 0 radical (unpaired) electrons. The van der Waals surface area contributed by atoms with E-state index in [0.717, 1.165) is 18.4 Å². The summed E-state index contributed by atoms with van der Waals surface area (Å²) in [5, 5.41) is 12.7. The summed E-state index contributed by atoms with van der Waals surface area (Å²) in [4.78, 5) is 0. The highest BCUT2D eigenvalue weighted by molar-refractivity contribution is 4.76. The van der Waals surface area contributed by atoms with Crippen LogP contribution in [-0.4, -0.2) is 24.3 Å². The van der Waals surface area contributed by atoms with Crippen molar-refractivity contribution in [3.8, 4) is 0 Å². The zero-order chi connectivity index (χ0) is 12.0. The van der Waals surface area contributed by atoms with Crippen molar-refractivity contribution >= 4 is 0 Å². The van der Waals surface area contributed by atoms with Gasteiger partial charge in [-0.1, -0.05) is 33.1 Å². The van der Waals surface area contributed by atoms with Gasteiger partial charge in [0.25, 0.3) is 0 Å². The minimum atomic E-state index is 0.288. The van der Waals surface area contributed by atoms with Gasteiger partial charge in [0.05, 0.1) is 0 Å². The predicted octanol–water partition coefficient (Wildman–Crippen LogP) is 2.81. The fourth-order valence-electron chi connectivity index (χ4n) is 2.67. The Kier molecular flexibility index (Phi) is 6.37. The Labute approximate surface area is 101 Å². The highest BCUT2D eigenvalue weighted by Crippen LogP contribution is 2.30. The van der Waals surface area contributed by atoms with E-state index in [9.17, 15) is 0 Å². The molecule has 0 heterocycles. The van der Waals surface area contributed by atoms with Crippen molar-refractivity contribution in [2.24, 2.45) is 17.8 Å². The molecular formula is C14H29NO. The van der Waals surface area contributed by atoms with Crippen molar-refractivity contribution in [3.63, 3.8) is 0 Å². The van der Waals surface area contributed by atoms with Crippen LogP contribution in [0.2, 0.25) is 0 Å². The summed E-state index contributed by atoms with van der Waals surface area (Å²) in [5.41, 5.74) is 0. The lowest BCUT2D eigenvalue weighted by Gasteiger charge is -2.30. The van der Waals surface area contributed by atoms with Gasteiger partial charge in [-0.25, -0.2) is 0 Å². The quantitative estimate of drug-likeness (QED) is 0.731. The van der Waals surface area contributed by atoms with Crippen LogP contribution in [0.3, 0.4) is 0 Å². The zero-order valence-corrected chi connectivity index (χ0v) is 11.2. The Morgan fingerprint density at radius 2 is 1.94 bits per heavy atom. The molecule has 2 nitrogen and oxygen atoms in total. The van der Waals surface area contributed by atoms with Crippen molar-refractivity contribution in [1.29, 1.82) is 0 Å². The minimum absolute atomic E-state index is 0.288. The molecule has 1 rings (SSSR count). The zero-order valence-electron chi connectivity index (χ0n) is 11.2. The lowest BCUT2D eigenvalue weighted by Crippen LogP contribution is -2.38. The Morgan fingerprint density at radius 1 is 1.25 bits per heavy atom. The summed E-state index contributed by atoms with van der Waals surface area (Å²) in [5.74, 6) is 2.20. The monoisotopic (exact) mass is 227 g/mol. The third kappa shape index (κ3) is 4.42. The first-order valence-electron chi connectivity index (χ1n) is 7.01. The van der Waals surface area contributed by atoms with E-state index < -0.39 is 0 Å². The number of aliphatic hydroxyl groups excluding tert-OH is 1. The van der Waals surface area contributed by atoms with E-state index in [0.29, 0.717) is 12.0 Å². The van der Waals surface area contributed by atoms with Crippen LogP contribution >= 0.6 is 0 Å². The lowest BCUT2D eigenvalue weighted by molar-refractivity contribution is 0.194. The minimum Gasteiger partial charge on any atom is -0.396 e. The Hall–Kier alpha value is -0.0800. The molecule has 0 bridgehead atoms. The first-order chi connectivity index (χ1) is 7.67. The van der Waals surface area contributed by atoms with Crippen LogP contribution in [0.4, 0.5) is 0 Å². The molecule has 0 aromatic rings. The van der Waals surface area contributed by atoms with Gasteiger partial charge >= 0.3 is 0 Å². The van der Waals surface area contributed by atoms with Gasteiger partial charge in [-0.2, -0.15) is 0 Å². The third-order valence-electron chi connectivity index (χ3n) is 4.34. The van der Waals surface area contributed by atoms with Crippen LogP contribution in [0.1, 0.15) is 52.9 Å². The maximum absolute atomic E-state index is 9.08. The molecule has 96 valence electrons. The molecule has 0 aromatic carbocycles. The first kappa shape index (κ1) is 14.0. The van der Waals surface area contributed by atoms with Gasteiger partial charge < -0.3 is 10.4 Å². The number of rotatable bonds is 6. The molecule has 0 aromatic heterocycles. The summed E-state index contributed by atoms with van der Waals surface area (Å²) in [6.07, 6.45) is 7.00. The van der Waals surface area contributed by atoms with E-state index in [2.05, 4.69) is 26.1 Å². The number of aliphatic hydroxyl groups is 1. The fourth-order valence-corrected chi connectivity index (χ4v) is 2.67. The summed E-state index contributed by atoms with van der Waals surface area (Å²) in [6, 6.07) is 0.437. The van der Waals surface area contributed by atoms with Crippen molar-refractivity contribution in [2.75, 3.05) is 13.2 Å². The van der Waals surface area contributed by atoms with Crippen LogP contribution in [0.25, 0.3) is 0 Å². The highest BCUT2D eigenvalue weighted by Gasteiger charge is 2.21. The molecule has 1 saturated carbocycles. The normalized spacial score (nSPS) is 30.0. The second-order valence-electron chi connectivity index (χ2n) is 5.66. The van der Waals surface area contributed by atoms with Gasteiger partial charge in [0.15, 0.2) is 0 Å². The van der Waals surface area contributed by atoms with Crippen molar-refractivity contribution in [3.05, 3.63) is 0 Å². The maximum atomic E-state index is 9.08. The summed E-state index contributed by atoms with van der Waals surface area (Å²) < 4.78 is 0. The van der Waals surface area contributed by atoms with Gasteiger partial charge in [-0.3, -0.25) is 0 Å². The molecule has 0 spiro atoms. The lowest BCUT2D eigenvalue weighted by atomic mass is 9.80. The molecule has 1 aliphatic rings. The summed E-state index contributed by atoms with van der Waals surface area (Å²) in [6.45, 7) is 8.03.